The predicted molar refractivity (Wildman–Crippen MR) is 110 cm³/mol. The molecule has 27 heavy (non-hydrogen) atoms. The van der Waals surface area contributed by atoms with Gasteiger partial charge in [-0.3, -0.25) is 9.59 Å². The van der Waals surface area contributed by atoms with E-state index >= 15 is 0 Å². The van der Waals surface area contributed by atoms with Crippen molar-refractivity contribution in [2.75, 3.05) is 31.5 Å². The van der Waals surface area contributed by atoms with Crippen LogP contribution in [0.3, 0.4) is 0 Å². The molecule has 3 rings (SSSR count). The lowest BCUT2D eigenvalue weighted by atomic mass is 10.2. The normalized spacial score (nSPS) is 14.9. The maximum absolute atomic E-state index is 12.4. The van der Waals surface area contributed by atoms with Crippen LogP contribution in [0.5, 0.6) is 0 Å². The van der Waals surface area contributed by atoms with Gasteiger partial charge in [0, 0.05) is 55.3 Å². The van der Waals surface area contributed by atoms with Crippen LogP contribution in [0, 0.1) is 0 Å². The molecule has 0 unspecified atom stereocenters. The molecule has 0 aliphatic carbocycles. The molecule has 142 valence electrons. The van der Waals surface area contributed by atoms with Crippen LogP contribution in [0.4, 0.5) is 11.4 Å². The second kappa shape index (κ2) is 8.79. The zero-order chi connectivity index (χ0) is 19.4. The third kappa shape index (κ3) is 5.26. The van der Waals surface area contributed by atoms with Gasteiger partial charge in [-0.1, -0.05) is 0 Å². The molecule has 8 heteroatoms. The first-order chi connectivity index (χ1) is 12.9. The Morgan fingerprint density at radius 3 is 2.33 bits per heavy atom. The first kappa shape index (κ1) is 19.8. The van der Waals surface area contributed by atoms with Crippen molar-refractivity contribution in [2.45, 2.75) is 16.7 Å². The van der Waals surface area contributed by atoms with Crippen molar-refractivity contribution in [1.29, 1.82) is 0 Å². The Balaban J connectivity index is 1.55. The number of piperazine rings is 1. The number of hydrogen-bond acceptors (Lipinski definition) is 5. The second-order valence-electron chi connectivity index (χ2n) is 6.35. The lowest BCUT2D eigenvalue weighted by Gasteiger charge is -2.33. The highest BCUT2D eigenvalue weighted by Crippen LogP contribution is 2.25. The van der Waals surface area contributed by atoms with Crippen molar-refractivity contribution >= 4 is 47.8 Å². The summed E-state index contributed by atoms with van der Waals surface area (Å²) in [6, 6.07) is 13.0. The molecule has 4 N–H and O–H groups in total. The monoisotopic (exact) mass is 403 g/mol. The number of nitrogens with zero attached hydrogens (tertiary/aromatic N) is 2. The third-order valence-electron chi connectivity index (χ3n) is 4.37. The fourth-order valence-corrected chi connectivity index (χ4v) is 3.81. The van der Waals surface area contributed by atoms with Crippen LogP contribution in [-0.4, -0.2) is 47.2 Å². The Labute approximate surface area is 168 Å². The minimum absolute atomic E-state index is 0.134. The standard InChI is InChI=1S/C19H22N4O2S2/c1-13(24)22-8-10-23(11-9-22)27-16-5-3-15(4-6-16)21-19(25)14-2-7-18(26)17(20)12-14/h2-7,12,26H,8-11,20H2,1H3,(H,21,25)/p+1. The summed E-state index contributed by atoms with van der Waals surface area (Å²) in [7, 11) is 0. The van der Waals surface area contributed by atoms with Gasteiger partial charge in [-0.05, 0) is 48.3 Å². The van der Waals surface area contributed by atoms with E-state index in [9.17, 15) is 9.59 Å². The van der Waals surface area contributed by atoms with Crippen molar-refractivity contribution in [1.82, 2.24) is 9.21 Å². The molecule has 0 atom stereocenters. The molecule has 2 aromatic rings. The lowest BCUT2D eigenvalue weighted by Crippen LogP contribution is -2.45. The number of benzene rings is 2. The van der Waals surface area contributed by atoms with Crippen molar-refractivity contribution in [3.63, 3.8) is 0 Å². The summed E-state index contributed by atoms with van der Waals surface area (Å²) >= 11 is 5.95. The Morgan fingerprint density at radius 2 is 1.74 bits per heavy atom. The van der Waals surface area contributed by atoms with E-state index in [4.69, 9.17) is 0 Å². The summed E-state index contributed by atoms with van der Waals surface area (Å²) in [5.41, 5.74) is 5.89. The summed E-state index contributed by atoms with van der Waals surface area (Å²) in [5, 5.41) is 2.90. The van der Waals surface area contributed by atoms with Gasteiger partial charge in [0.25, 0.3) is 5.91 Å². The number of anilines is 1. The van der Waals surface area contributed by atoms with Gasteiger partial charge >= 0.3 is 0 Å². The first-order valence-electron chi connectivity index (χ1n) is 8.67. The number of thiol groups is 1. The summed E-state index contributed by atoms with van der Waals surface area (Å²) in [5.74, 6) is -0.0382. The fraction of sp³-hybridized carbons (Fsp3) is 0.263. The smallest absolute Gasteiger partial charge is 0.255 e. The predicted octanol–water partition coefficient (Wildman–Crippen LogP) is 2.27. The van der Waals surface area contributed by atoms with E-state index in [1.165, 1.54) is 0 Å². The van der Waals surface area contributed by atoms with Gasteiger partial charge in [-0.15, -0.1) is 12.6 Å². The van der Waals surface area contributed by atoms with Gasteiger partial charge < -0.3 is 16.0 Å². The number of hydrogen-bond donors (Lipinski definition) is 3. The molecule has 1 fully saturated rings. The van der Waals surface area contributed by atoms with Crippen LogP contribution in [0.1, 0.15) is 17.3 Å². The first-order valence-corrected chi connectivity index (χ1v) is 9.89. The van der Waals surface area contributed by atoms with Gasteiger partial charge in [0.15, 0.2) is 0 Å². The van der Waals surface area contributed by atoms with E-state index in [0.29, 0.717) is 5.56 Å². The molecule has 0 saturated carbocycles. The zero-order valence-corrected chi connectivity index (χ0v) is 16.9. The molecule has 0 radical (unpaired) electrons. The highest BCUT2D eigenvalue weighted by atomic mass is 32.2. The van der Waals surface area contributed by atoms with Gasteiger partial charge in [0.05, 0.1) is 4.90 Å². The zero-order valence-electron chi connectivity index (χ0n) is 15.1. The lowest BCUT2D eigenvalue weighted by molar-refractivity contribution is -0.258. The minimum Gasteiger partial charge on any atom is -0.340 e. The number of carbonyl (C=O) groups excluding carboxylic acids is 2. The molecule has 1 aliphatic heterocycles. The molecule has 6 nitrogen and oxygen atoms in total. The van der Waals surface area contributed by atoms with Crippen LogP contribution in [0.15, 0.2) is 52.3 Å². The van der Waals surface area contributed by atoms with Crippen molar-refractivity contribution < 1.29 is 15.3 Å². The Hall–Kier alpha value is -2.00. The number of rotatable bonds is 4. The minimum atomic E-state index is -0.172. The molecule has 1 saturated heterocycles. The average molecular weight is 404 g/mol. The highest BCUT2D eigenvalue weighted by Gasteiger charge is 2.19. The highest BCUT2D eigenvalue weighted by molar-refractivity contribution is 7.97. The summed E-state index contributed by atoms with van der Waals surface area (Å²) in [6.07, 6.45) is 0. The maximum Gasteiger partial charge on any atom is 0.255 e. The van der Waals surface area contributed by atoms with E-state index in [2.05, 4.69) is 28.0 Å². The van der Waals surface area contributed by atoms with E-state index in [1.54, 1.807) is 37.1 Å². The number of carbonyl (C=O) groups is 2. The van der Waals surface area contributed by atoms with Crippen LogP contribution >= 0.6 is 24.6 Å². The Kier molecular flexibility index (Phi) is 6.43. The van der Waals surface area contributed by atoms with Crippen LogP contribution < -0.4 is 11.1 Å². The quantitative estimate of drug-likeness (QED) is 0.540. The summed E-state index contributed by atoms with van der Waals surface area (Å²) < 4.78 is 2.25. The largest absolute Gasteiger partial charge is 0.340 e. The van der Waals surface area contributed by atoms with Crippen LogP contribution in [0.2, 0.25) is 0 Å². The third-order valence-corrected chi connectivity index (χ3v) is 5.91. The number of quaternary nitrogens is 1. The van der Waals surface area contributed by atoms with Crippen molar-refractivity contribution in [3.05, 3.63) is 48.0 Å². The Bertz CT molecular complexity index is 834. The van der Waals surface area contributed by atoms with Gasteiger partial charge in [0.1, 0.15) is 5.69 Å². The molecule has 2 aromatic carbocycles. The van der Waals surface area contributed by atoms with Crippen molar-refractivity contribution in [3.8, 4) is 0 Å². The van der Waals surface area contributed by atoms with Crippen molar-refractivity contribution in [2.24, 2.45) is 0 Å². The molecular formula is C19H23N4O2S2+. The molecule has 1 heterocycles. The molecule has 0 spiro atoms. The Morgan fingerprint density at radius 1 is 1.07 bits per heavy atom. The number of amides is 2. The molecule has 0 aromatic heterocycles. The topological polar surface area (TPSA) is 80.3 Å². The van der Waals surface area contributed by atoms with Gasteiger partial charge in [-0.2, -0.15) is 0 Å². The summed E-state index contributed by atoms with van der Waals surface area (Å²) in [6.45, 7) is 4.82. The molecule has 2 amide bonds. The van der Waals surface area contributed by atoms with E-state index in [-0.39, 0.29) is 11.8 Å². The SMILES string of the molecule is CC(=O)N1CCN(Sc2ccc(NC(=O)c3ccc(S)c([NH3+])c3)cc2)CC1. The molecular weight excluding hydrogens is 380 g/mol. The van der Waals surface area contributed by atoms with Gasteiger partial charge in [0.2, 0.25) is 5.91 Å². The second-order valence-corrected chi connectivity index (χ2v) is 8.00. The van der Waals surface area contributed by atoms with E-state index < -0.39 is 0 Å². The van der Waals surface area contributed by atoms with Gasteiger partial charge in [-0.25, -0.2) is 4.31 Å². The van der Waals surface area contributed by atoms with E-state index in [1.807, 2.05) is 29.2 Å². The van der Waals surface area contributed by atoms with E-state index in [0.717, 1.165) is 47.3 Å². The molecule has 1 aliphatic rings. The molecule has 0 bridgehead atoms. The average Bonchev–Trinajstić information content (AvgIpc) is 2.66. The number of nitrogens with one attached hydrogen (secondary N) is 1. The van der Waals surface area contributed by atoms with Crippen LogP contribution in [0.25, 0.3) is 0 Å². The van der Waals surface area contributed by atoms with Crippen LogP contribution in [-0.2, 0) is 4.79 Å². The summed E-state index contributed by atoms with van der Waals surface area (Å²) in [4.78, 5) is 27.5. The maximum atomic E-state index is 12.4. The fourth-order valence-electron chi connectivity index (χ4n) is 2.77.